The Bertz CT molecular complexity index is 607. The Morgan fingerprint density at radius 1 is 1.17 bits per heavy atom. The standard InChI is InChI=1S/C15H18F2N2O4/c1-10(20)18(2)9-14(21)19(6-5-15(22)23)8-11-3-4-12(16)13(17)7-11/h3-4,7H,5-6,8-9H2,1-2H3,(H,22,23). The Labute approximate surface area is 132 Å². The van der Waals surface area contributed by atoms with Crippen LogP contribution in [0.2, 0.25) is 0 Å². The molecule has 23 heavy (non-hydrogen) atoms. The molecule has 126 valence electrons. The number of benzene rings is 1. The van der Waals surface area contributed by atoms with Gasteiger partial charge < -0.3 is 14.9 Å². The van der Waals surface area contributed by atoms with Crippen molar-refractivity contribution < 1.29 is 28.3 Å². The van der Waals surface area contributed by atoms with Crippen LogP contribution in [0.5, 0.6) is 0 Å². The number of carbonyl (C=O) groups excluding carboxylic acids is 2. The molecule has 8 heteroatoms. The van der Waals surface area contributed by atoms with Gasteiger partial charge in [0.2, 0.25) is 11.8 Å². The fourth-order valence-electron chi connectivity index (χ4n) is 1.80. The first-order chi connectivity index (χ1) is 10.7. The van der Waals surface area contributed by atoms with Crippen molar-refractivity contribution in [2.24, 2.45) is 0 Å². The minimum Gasteiger partial charge on any atom is -0.481 e. The fourth-order valence-corrected chi connectivity index (χ4v) is 1.80. The van der Waals surface area contributed by atoms with Crippen LogP contribution in [0.25, 0.3) is 0 Å². The largest absolute Gasteiger partial charge is 0.481 e. The van der Waals surface area contributed by atoms with E-state index >= 15 is 0 Å². The zero-order chi connectivity index (χ0) is 17.6. The molecule has 0 saturated heterocycles. The maximum Gasteiger partial charge on any atom is 0.305 e. The van der Waals surface area contributed by atoms with Crippen molar-refractivity contribution in [3.8, 4) is 0 Å². The van der Waals surface area contributed by atoms with E-state index in [0.717, 1.165) is 12.1 Å². The molecule has 1 rings (SSSR count). The zero-order valence-electron chi connectivity index (χ0n) is 12.9. The van der Waals surface area contributed by atoms with Crippen molar-refractivity contribution in [1.82, 2.24) is 9.80 Å². The molecule has 0 aliphatic rings. The second-order valence-corrected chi connectivity index (χ2v) is 5.08. The molecule has 6 nitrogen and oxygen atoms in total. The third-order valence-corrected chi connectivity index (χ3v) is 3.22. The van der Waals surface area contributed by atoms with E-state index in [0.29, 0.717) is 5.56 Å². The van der Waals surface area contributed by atoms with Crippen LogP contribution in [0.3, 0.4) is 0 Å². The summed E-state index contributed by atoms with van der Waals surface area (Å²) in [6.07, 6.45) is -0.292. The quantitative estimate of drug-likeness (QED) is 0.817. The summed E-state index contributed by atoms with van der Waals surface area (Å²) in [7, 11) is 1.44. The van der Waals surface area contributed by atoms with E-state index in [1.165, 1.54) is 29.8 Å². The van der Waals surface area contributed by atoms with Crippen molar-refractivity contribution in [3.63, 3.8) is 0 Å². The molecule has 1 N–H and O–H groups in total. The van der Waals surface area contributed by atoms with Crippen molar-refractivity contribution in [2.75, 3.05) is 20.1 Å². The molecular formula is C15H18F2N2O4. The number of likely N-dealkylation sites (N-methyl/N-ethyl adjacent to an activating group) is 1. The minimum atomic E-state index is -1.09. The summed E-state index contributed by atoms with van der Waals surface area (Å²) in [5.74, 6) is -3.94. The molecule has 0 radical (unpaired) electrons. The number of carbonyl (C=O) groups is 3. The van der Waals surface area contributed by atoms with Gasteiger partial charge in [0.1, 0.15) is 0 Å². The molecule has 0 heterocycles. The molecule has 0 aliphatic heterocycles. The van der Waals surface area contributed by atoms with Gasteiger partial charge in [0, 0.05) is 27.1 Å². The summed E-state index contributed by atoms with van der Waals surface area (Å²) in [6.45, 7) is 0.900. The Hall–Kier alpha value is -2.51. The Kier molecular flexibility index (Phi) is 6.62. The highest BCUT2D eigenvalue weighted by Gasteiger charge is 2.18. The van der Waals surface area contributed by atoms with E-state index < -0.39 is 23.5 Å². The number of carboxylic acids is 1. The SMILES string of the molecule is CC(=O)N(C)CC(=O)N(CCC(=O)O)Cc1ccc(F)c(F)c1. The number of rotatable bonds is 7. The van der Waals surface area contributed by atoms with E-state index in [2.05, 4.69) is 0 Å². The average molecular weight is 328 g/mol. The summed E-state index contributed by atoms with van der Waals surface area (Å²) in [4.78, 5) is 36.4. The monoisotopic (exact) mass is 328 g/mol. The van der Waals surface area contributed by atoms with Gasteiger partial charge in [-0.2, -0.15) is 0 Å². The zero-order valence-corrected chi connectivity index (χ0v) is 12.9. The van der Waals surface area contributed by atoms with Gasteiger partial charge in [-0.15, -0.1) is 0 Å². The number of carboxylic acid groups (broad SMARTS) is 1. The van der Waals surface area contributed by atoms with E-state index in [4.69, 9.17) is 5.11 Å². The molecule has 0 bridgehead atoms. The van der Waals surface area contributed by atoms with Gasteiger partial charge >= 0.3 is 5.97 Å². The van der Waals surface area contributed by atoms with Crippen LogP contribution >= 0.6 is 0 Å². The lowest BCUT2D eigenvalue weighted by atomic mass is 10.2. The predicted octanol–water partition coefficient (Wildman–Crippen LogP) is 1.25. The number of nitrogens with zero attached hydrogens (tertiary/aromatic N) is 2. The van der Waals surface area contributed by atoms with Crippen molar-refractivity contribution in [1.29, 1.82) is 0 Å². The first kappa shape index (κ1) is 18.5. The molecule has 0 aliphatic carbocycles. The van der Waals surface area contributed by atoms with Crippen LogP contribution < -0.4 is 0 Å². The molecule has 0 saturated carbocycles. The first-order valence-electron chi connectivity index (χ1n) is 6.86. The van der Waals surface area contributed by atoms with E-state index in [-0.39, 0.29) is 32.0 Å². The summed E-state index contributed by atoms with van der Waals surface area (Å²) in [6, 6.07) is 3.20. The normalized spacial score (nSPS) is 10.3. The smallest absolute Gasteiger partial charge is 0.305 e. The lowest BCUT2D eigenvalue weighted by molar-refractivity contribution is -0.141. The third kappa shape index (κ3) is 6.01. The second kappa shape index (κ2) is 8.21. The van der Waals surface area contributed by atoms with Crippen molar-refractivity contribution in [2.45, 2.75) is 19.9 Å². The van der Waals surface area contributed by atoms with E-state index in [1.54, 1.807) is 0 Å². The highest BCUT2D eigenvalue weighted by atomic mass is 19.2. The molecule has 2 amide bonds. The predicted molar refractivity (Wildman–Crippen MR) is 77.3 cm³/mol. The molecule has 0 unspecified atom stereocenters. The lowest BCUT2D eigenvalue weighted by Gasteiger charge is -2.25. The van der Waals surface area contributed by atoms with Crippen LogP contribution in [0.1, 0.15) is 18.9 Å². The lowest BCUT2D eigenvalue weighted by Crippen LogP contribution is -2.41. The number of hydrogen-bond acceptors (Lipinski definition) is 3. The van der Waals surface area contributed by atoms with Gasteiger partial charge in [-0.25, -0.2) is 8.78 Å². The van der Waals surface area contributed by atoms with E-state index in [1.807, 2.05) is 0 Å². The summed E-state index contributed by atoms with van der Waals surface area (Å²) >= 11 is 0. The molecule has 0 fully saturated rings. The summed E-state index contributed by atoms with van der Waals surface area (Å²) in [5, 5.41) is 8.75. The van der Waals surface area contributed by atoms with E-state index in [9.17, 15) is 23.2 Å². The third-order valence-electron chi connectivity index (χ3n) is 3.22. The Balaban J connectivity index is 2.86. The Morgan fingerprint density at radius 2 is 1.83 bits per heavy atom. The van der Waals surface area contributed by atoms with Gasteiger partial charge in [-0.3, -0.25) is 14.4 Å². The molecule has 0 aromatic heterocycles. The van der Waals surface area contributed by atoms with Crippen LogP contribution in [-0.4, -0.2) is 52.8 Å². The second-order valence-electron chi connectivity index (χ2n) is 5.08. The topological polar surface area (TPSA) is 77.9 Å². The van der Waals surface area contributed by atoms with Gasteiger partial charge in [-0.1, -0.05) is 6.07 Å². The maximum atomic E-state index is 13.2. The Morgan fingerprint density at radius 3 is 2.35 bits per heavy atom. The summed E-state index contributed by atoms with van der Waals surface area (Å²) in [5.41, 5.74) is 0.327. The number of hydrogen-bond donors (Lipinski definition) is 1. The number of amides is 2. The number of halogens is 2. The minimum absolute atomic E-state index is 0.0743. The first-order valence-corrected chi connectivity index (χ1v) is 6.86. The molecular weight excluding hydrogens is 310 g/mol. The molecule has 1 aromatic carbocycles. The van der Waals surface area contributed by atoms with Crippen LogP contribution in [0.15, 0.2) is 18.2 Å². The number of aliphatic carboxylic acids is 1. The van der Waals surface area contributed by atoms with Gasteiger partial charge in [-0.05, 0) is 17.7 Å². The molecule has 0 spiro atoms. The highest BCUT2D eigenvalue weighted by molar-refractivity contribution is 5.84. The van der Waals surface area contributed by atoms with Crippen LogP contribution in [0.4, 0.5) is 8.78 Å². The van der Waals surface area contributed by atoms with Gasteiger partial charge in [0.15, 0.2) is 11.6 Å². The average Bonchev–Trinajstić information content (AvgIpc) is 2.46. The summed E-state index contributed by atoms with van der Waals surface area (Å²) < 4.78 is 26.2. The maximum absolute atomic E-state index is 13.2. The van der Waals surface area contributed by atoms with Crippen molar-refractivity contribution in [3.05, 3.63) is 35.4 Å². The molecule has 0 atom stereocenters. The van der Waals surface area contributed by atoms with Crippen LogP contribution in [0, 0.1) is 11.6 Å². The highest BCUT2D eigenvalue weighted by Crippen LogP contribution is 2.12. The van der Waals surface area contributed by atoms with Gasteiger partial charge in [0.25, 0.3) is 0 Å². The molecule has 1 aromatic rings. The van der Waals surface area contributed by atoms with Gasteiger partial charge in [0.05, 0.1) is 13.0 Å². The van der Waals surface area contributed by atoms with Crippen molar-refractivity contribution >= 4 is 17.8 Å². The van der Waals surface area contributed by atoms with Crippen LogP contribution in [-0.2, 0) is 20.9 Å². The fraction of sp³-hybridized carbons (Fsp3) is 0.400.